The lowest BCUT2D eigenvalue weighted by Gasteiger charge is -2.15. The summed E-state index contributed by atoms with van der Waals surface area (Å²) in [4.78, 5) is 4.43. The Bertz CT molecular complexity index is 466. The van der Waals surface area contributed by atoms with Gasteiger partial charge < -0.3 is 0 Å². The zero-order chi connectivity index (χ0) is 13.7. The first-order chi connectivity index (χ1) is 8.47. The molecule has 18 heavy (non-hydrogen) atoms. The molecule has 0 saturated carbocycles. The fourth-order valence-corrected chi connectivity index (χ4v) is 1.86. The highest BCUT2D eigenvalue weighted by molar-refractivity contribution is 5.53. The Balaban J connectivity index is 2.96. The Morgan fingerprint density at radius 1 is 1.50 bits per heavy atom. The number of aliphatic imine (C=N–C) groups is 1. The molecule has 0 fully saturated rings. The summed E-state index contributed by atoms with van der Waals surface area (Å²) in [6, 6.07) is 0.275. The van der Waals surface area contributed by atoms with E-state index >= 15 is 0 Å². The van der Waals surface area contributed by atoms with Crippen LogP contribution >= 0.6 is 0 Å². The van der Waals surface area contributed by atoms with E-state index in [-0.39, 0.29) is 6.04 Å². The number of aromatic nitrogens is 2. The van der Waals surface area contributed by atoms with Crippen LogP contribution in [0.2, 0.25) is 0 Å². The minimum absolute atomic E-state index is 0.275. The molecule has 1 heterocycles. The molecular weight excluding hydrogens is 222 g/mol. The zero-order valence-corrected chi connectivity index (χ0v) is 12.0. The number of nitrogens with zero attached hydrogens (tertiary/aromatic N) is 3. The highest BCUT2D eigenvalue weighted by Crippen LogP contribution is 2.24. The van der Waals surface area contributed by atoms with Gasteiger partial charge in [0.05, 0.1) is 12.2 Å². The van der Waals surface area contributed by atoms with E-state index in [1.807, 2.05) is 43.2 Å². The Hall–Kier alpha value is -1.64. The lowest BCUT2D eigenvalue weighted by molar-refractivity contribution is 0.614. The van der Waals surface area contributed by atoms with Gasteiger partial charge in [-0.25, -0.2) is 4.68 Å². The molecule has 0 spiro atoms. The first-order valence-electron chi connectivity index (χ1n) is 6.32. The predicted octanol–water partition coefficient (Wildman–Crippen LogP) is 3.82. The van der Waals surface area contributed by atoms with E-state index in [1.165, 1.54) is 5.56 Å². The third kappa shape index (κ3) is 3.42. The van der Waals surface area contributed by atoms with Crippen molar-refractivity contribution in [2.75, 3.05) is 0 Å². The molecule has 3 heteroatoms. The third-order valence-corrected chi connectivity index (χ3v) is 3.18. The maximum atomic E-state index is 4.43. The summed E-state index contributed by atoms with van der Waals surface area (Å²) in [6.07, 6.45) is 7.70. The second kappa shape index (κ2) is 6.34. The molecule has 0 amide bonds. The molecule has 0 radical (unpaired) electrons. The standard InChI is InChI=1S/C15H23N3/c1-7-16-13(5)12(4)15-10-17-18(14(15)6)9-8-11(2)3/h7-10,12-13H,2H2,1,3-6H3/b9-8-,16-7?. The molecule has 2 atom stereocenters. The summed E-state index contributed by atoms with van der Waals surface area (Å²) in [5.74, 6) is 0.369. The van der Waals surface area contributed by atoms with Gasteiger partial charge in [0, 0.05) is 17.8 Å². The predicted molar refractivity (Wildman–Crippen MR) is 79.2 cm³/mol. The summed E-state index contributed by atoms with van der Waals surface area (Å²) < 4.78 is 1.89. The van der Waals surface area contributed by atoms with Crippen LogP contribution in [0.4, 0.5) is 0 Å². The number of hydrogen-bond acceptors (Lipinski definition) is 2. The highest BCUT2D eigenvalue weighted by atomic mass is 15.3. The fraction of sp³-hybridized carbons (Fsp3) is 0.467. The minimum Gasteiger partial charge on any atom is -0.294 e. The molecule has 0 aromatic carbocycles. The molecule has 0 saturated heterocycles. The number of rotatable bonds is 5. The van der Waals surface area contributed by atoms with E-state index in [0.29, 0.717) is 5.92 Å². The van der Waals surface area contributed by atoms with E-state index in [9.17, 15) is 0 Å². The van der Waals surface area contributed by atoms with Crippen molar-refractivity contribution in [3.63, 3.8) is 0 Å². The quantitative estimate of drug-likeness (QED) is 0.573. The van der Waals surface area contributed by atoms with Crippen molar-refractivity contribution in [3.05, 3.63) is 35.7 Å². The molecule has 0 aliphatic rings. The normalized spacial score (nSPS) is 15.4. The average molecular weight is 245 g/mol. The molecule has 1 aromatic rings. The Morgan fingerprint density at radius 2 is 2.17 bits per heavy atom. The van der Waals surface area contributed by atoms with Crippen molar-refractivity contribution in [2.24, 2.45) is 4.99 Å². The average Bonchev–Trinajstić information content (AvgIpc) is 2.67. The van der Waals surface area contributed by atoms with Crippen LogP contribution in [0.1, 0.15) is 44.9 Å². The van der Waals surface area contributed by atoms with Gasteiger partial charge in [-0.1, -0.05) is 19.1 Å². The smallest absolute Gasteiger partial charge is 0.0534 e. The second-order valence-corrected chi connectivity index (χ2v) is 4.73. The van der Waals surface area contributed by atoms with Gasteiger partial charge in [0.25, 0.3) is 0 Å². The van der Waals surface area contributed by atoms with Crippen LogP contribution in [-0.4, -0.2) is 22.0 Å². The van der Waals surface area contributed by atoms with Crippen LogP contribution in [0, 0.1) is 6.92 Å². The molecule has 0 aliphatic heterocycles. The number of hydrogen-bond donors (Lipinski definition) is 0. The van der Waals surface area contributed by atoms with Gasteiger partial charge in [-0.05, 0) is 45.5 Å². The first-order valence-corrected chi connectivity index (χ1v) is 6.32. The number of allylic oxidation sites excluding steroid dienone is 2. The van der Waals surface area contributed by atoms with Gasteiger partial charge in [-0.2, -0.15) is 5.10 Å². The Kier molecular flexibility index (Phi) is 5.08. The Labute approximate surface area is 110 Å². The molecule has 2 unspecified atom stereocenters. The maximum absolute atomic E-state index is 4.43. The largest absolute Gasteiger partial charge is 0.294 e. The highest BCUT2D eigenvalue weighted by Gasteiger charge is 2.17. The molecule has 98 valence electrons. The zero-order valence-electron chi connectivity index (χ0n) is 12.0. The Morgan fingerprint density at radius 3 is 2.72 bits per heavy atom. The van der Waals surface area contributed by atoms with Gasteiger partial charge in [-0.15, -0.1) is 0 Å². The monoisotopic (exact) mass is 245 g/mol. The van der Waals surface area contributed by atoms with Gasteiger partial charge in [0.15, 0.2) is 0 Å². The van der Waals surface area contributed by atoms with Crippen LogP contribution in [0.3, 0.4) is 0 Å². The van der Waals surface area contributed by atoms with Crippen LogP contribution in [0.5, 0.6) is 0 Å². The van der Waals surface area contributed by atoms with Crippen molar-refractivity contribution >= 4 is 12.4 Å². The first kappa shape index (κ1) is 14.4. The van der Waals surface area contributed by atoms with Gasteiger partial charge in [0.2, 0.25) is 0 Å². The minimum atomic E-state index is 0.275. The van der Waals surface area contributed by atoms with E-state index in [2.05, 4.69) is 37.4 Å². The molecule has 0 aliphatic carbocycles. The molecule has 1 rings (SSSR count). The van der Waals surface area contributed by atoms with Crippen LogP contribution in [0.25, 0.3) is 6.20 Å². The summed E-state index contributed by atoms with van der Waals surface area (Å²) in [6.45, 7) is 14.2. The van der Waals surface area contributed by atoms with E-state index in [4.69, 9.17) is 0 Å². The summed E-state index contributed by atoms with van der Waals surface area (Å²) in [7, 11) is 0. The van der Waals surface area contributed by atoms with Gasteiger partial charge >= 0.3 is 0 Å². The maximum Gasteiger partial charge on any atom is 0.0534 e. The van der Waals surface area contributed by atoms with E-state index in [1.54, 1.807) is 0 Å². The van der Waals surface area contributed by atoms with Gasteiger partial charge in [0.1, 0.15) is 0 Å². The second-order valence-electron chi connectivity index (χ2n) is 4.73. The summed E-state index contributed by atoms with van der Waals surface area (Å²) in [5, 5.41) is 4.39. The molecular formula is C15H23N3. The van der Waals surface area contributed by atoms with Crippen LogP contribution < -0.4 is 0 Å². The van der Waals surface area contributed by atoms with Gasteiger partial charge in [-0.3, -0.25) is 4.99 Å². The topological polar surface area (TPSA) is 30.2 Å². The molecule has 1 aromatic heterocycles. The lowest BCUT2D eigenvalue weighted by atomic mass is 9.95. The van der Waals surface area contributed by atoms with Crippen LogP contribution in [-0.2, 0) is 0 Å². The van der Waals surface area contributed by atoms with Crippen molar-refractivity contribution in [2.45, 2.75) is 46.6 Å². The van der Waals surface area contributed by atoms with Crippen molar-refractivity contribution in [3.8, 4) is 0 Å². The van der Waals surface area contributed by atoms with E-state index in [0.717, 1.165) is 11.3 Å². The lowest BCUT2D eigenvalue weighted by Crippen LogP contribution is -2.10. The van der Waals surface area contributed by atoms with Crippen molar-refractivity contribution < 1.29 is 0 Å². The van der Waals surface area contributed by atoms with Crippen LogP contribution in [0.15, 0.2) is 29.4 Å². The third-order valence-electron chi connectivity index (χ3n) is 3.18. The SMILES string of the molecule is C=C(C)/C=C\n1ncc(C(C)C(C)N=CC)c1C. The summed E-state index contributed by atoms with van der Waals surface area (Å²) in [5.41, 5.74) is 3.43. The van der Waals surface area contributed by atoms with E-state index < -0.39 is 0 Å². The molecule has 3 nitrogen and oxygen atoms in total. The molecule has 0 N–H and O–H groups in total. The van der Waals surface area contributed by atoms with Crippen molar-refractivity contribution in [1.82, 2.24) is 9.78 Å². The summed E-state index contributed by atoms with van der Waals surface area (Å²) >= 11 is 0. The van der Waals surface area contributed by atoms with Crippen molar-refractivity contribution in [1.29, 1.82) is 0 Å². The molecule has 0 bridgehead atoms. The fourth-order valence-electron chi connectivity index (χ4n) is 1.86.